The van der Waals surface area contributed by atoms with Gasteiger partial charge in [-0.2, -0.15) is 0 Å². The van der Waals surface area contributed by atoms with E-state index in [1.165, 1.54) is 19.2 Å². The topological polar surface area (TPSA) is 77.5 Å². The Morgan fingerprint density at radius 2 is 1.92 bits per heavy atom. The fraction of sp³-hybridized carbons (Fsp3) is 0.500. The number of carbonyl (C=O) groups excluding carboxylic acids is 2. The van der Waals surface area contributed by atoms with E-state index in [0.29, 0.717) is 24.8 Å². The van der Waals surface area contributed by atoms with Gasteiger partial charge in [-0.3, -0.25) is 9.59 Å². The van der Waals surface area contributed by atoms with Gasteiger partial charge in [0.15, 0.2) is 14.6 Å². The quantitative estimate of drug-likeness (QED) is 0.599. The zero-order valence-electron chi connectivity index (χ0n) is 15.1. The molecule has 5 nitrogen and oxygen atoms in total. The lowest BCUT2D eigenvalue weighted by atomic mass is 9.77. The van der Waals surface area contributed by atoms with E-state index in [1.54, 1.807) is 18.2 Å². The minimum absolute atomic E-state index is 0.0154. The number of rotatable bonds is 3. The number of fused-ring (bicyclic) bond motifs is 1. The lowest BCUT2D eigenvalue weighted by Crippen LogP contribution is -2.53. The molecule has 0 saturated heterocycles. The largest absolute Gasteiger partial charge is 0.468 e. The van der Waals surface area contributed by atoms with Crippen LogP contribution < -0.4 is 0 Å². The second-order valence-corrected chi connectivity index (χ2v) is 9.58. The predicted octanol–water partition coefficient (Wildman–Crippen LogP) is 2.95. The minimum Gasteiger partial charge on any atom is -0.468 e. The van der Waals surface area contributed by atoms with Crippen LogP contribution in [0.15, 0.2) is 47.4 Å². The molecule has 0 aromatic heterocycles. The maximum absolute atomic E-state index is 13.7. The molecule has 3 rings (SSSR count). The molecule has 0 bridgehead atoms. The van der Waals surface area contributed by atoms with Gasteiger partial charge < -0.3 is 4.74 Å². The molecule has 6 heteroatoms. The van der Waals surface area contributed by atoms with Crippen LogP contribution in [0.2, 0.25) is 0 Å². The highest BCUT2D eigenvalue weighted by atomic mass is 32.2. The summed E-state index contributed by atoms with van der Waals surface area (Å²) in [7, 11) is -2.88. The minimum atomic E-state index is -4.08. The molecule has 2 aliphatic rings. The third kappa shape index (κ3) is 2.54. The van der Waals surface area contributed by atoms with E-state index in [9.17, 15) is 18.0 Å². The Kier molecular flexibility index (Phi) is 4.82. The fourth-order valence-corrected chi connectivity index (χ4v) is 7.15. The number of benzene rings is 1. The van der Waals surface area contributed by atoms with Crippen LogP contribution >= 0.6 is 0 Å². The van der Waals surface area contributed by atoms with Gasteiger partial charge in [-0.25, -0.2) is 8.42 Å². The van der Waals surface area contributed by atoms with Crippen molar-refractivity contribution in [2.75, 3.05) is 7.11 Å². The summed E-state index contributed by atoms with van der Waals surface area (Å²) in [5.41, 5.74) is 0.527. The van der Waals surface area contributed by atoms with Crippen molar-refractivity contribution < 1.29 is 22.7 Å². The number of esters is 1. The molecular formula is C20H24O5S. The zero-order chi connectivity index (χ0) is 19.1. The monoisotopic (exact) mass is 376 g/mol. The van der Waals surface area contributed by atoms with Crippen molar-refractivity contribution in [3.05, 3.63) is 42.5 Å². The van der Waals surface area contributed by atoms with E-state index in [1.807, 2.05) is 6.92 Å². The van der Waals surface area contributed by atoms with Gasteiger partial charge in [0, 0.05) is 18.3 Å². The summed E-state index contributed by atoms with van der Waals surface area (Å²) >= 11 is 0. The Morgan fingerprint density at radius 1 is 1.27 bits per heavy atom. The number of hydrogen-bond acceptors (Lipinski definition) is 5. The first-order valence-corrected chi connectivity index (χ1v) is 10.3. The number of ketones is 1. The maximum atomic E-state index is 13.7. The summed E-state index contributed by atoms with van der Waals surface area (Å²) in [6.07, 6.45) is 1.72. The van der Waals surface area contributed by atoms with Gasteiger partial charge in [0.1, 0.15) is 5.78 Å². The Hall–Kier alpha value is -1.95. The van der Waals surface area contributed by atoms with Gasteiger partial charge in [-0.05, 0) is 37.3 Å². The van der Waals surface area contributed by atoms with Gasteiger partial charge >= 0.3 is 5.97 Å². The zero-order valence-corrected chi connectivity index (χ0v) is 15.9. The number of ether oxygens (including phenoxy) is 1. The molecule has 1 aromatic rings. The standard InChI is InChI=1S/C20H24O5S/c1-13-8-7-11-16(21)17-14(2)12-20(18(13)17,19(22)25-3)26(23,24)15-9-5-4-6-10-15/h4-6,9-10,13,17-18H,2,7-8,11-12H2,1,3H3/t13-,17+,18+,20+/m0/s1. The third-order valence-corrected chi connectivity index (χ3v) is 8.37. The van der Waals surface area contributed by atoms with Gasteiger partial charge in [0.05, 0.1) is 12.0 Å². The van der Waals surface area contributed by atoms with E-state index >= 15 is 0 Å². The van der Waals surface area contributed by atoms with Crippen molar-refractivity contribution in [1.82, 2.24) is 0 Å². The van der Waals surface area contributed by atoms with Gasteiger partial charge in [0.2, 0.25) is 0 Å². The van der Waals surface area contributed by atoms with Crippen LogP contribution in [0.3, 0.4) is 0 Å². The normalized spacial score (nSPS) is 32.0. The summed E-state index contributed by atoms with van der Waals surface area (Å²) in [6.45, 7) is 5.91. The molecule has 26 heavy (non-hydrogen) atoms. The maximum Gasteiger partial charge on any atom is 0.328 e. The lowest BCUT2D eigenvalue weighted by Gasteiger charge is -2.36. The first-order valence-electron chi connectivity index (χ1n) is 8.86. The van der Waals surface area contributed by atoms with Gasteiger partial charge in [-0.15, -0.1) is 0 Å². The molecule has 0 N–H and O–H groups in total. The summed E-state index contributed by atoms with van der Waals surface area (Å²) in [4.78, 5) is 25.7. The van der Waals surface area contributed by atoms with E-state index in [0.717, 1.165) is 0 Å². The van der Waals surface area contributed by atoms with E-state index in [2.05, 4.69) is 6.58 Å². The Bertz CT molecular complexity index is 842. The van der Waals surface area contributed by atoms with Gasteiger partial charge in [0.25, 0.3) is 0 Å². The highest BCUT2D eigenvalue weighted by Gasteiger charge is 2.67. The first kappa shape index (κ1) is 18.8. The van der Waals surface area contributed by atoms with Crippen LogP contribution in [-0.4, -0.2) is 32.0 Å². The Morgan fingerprint density at radius 3 is 2.54 bits per heavy atom. The molecule has 2 aliphatic carbocycles. The smallest absolute Gasteiger partial charge is 0.328 e. The summed E-state index contributed by atoms with van der Waals surface area (Å²) in [5, 5.41) is 0. The van der Waals surface area contributed by atoms with Crippen LogP contribution in [0, 0.1) is 17.8 Å². The molecule has 0 amide bonds. The Balaban J connectivity index is 2.28. The van der Waals surface area contributed by atoms with Crippen LogP contribution in [0.1, 0.15) is 32.6 Å². The molecule has 0 heterocycles. The van der Waals surface area contributed by atoms with Crippen molar-refractivity contribution in [2.24, 2.45) is 17.8 Å². The number of carbonyl (C=O) groups is 2. The molecule has 140 valence electrons. The van der Waals surface area contributed by atoms with Crippen molar-refractivity contribution in [3.63, 3.8) is 0 Å². The lowest BCUT2D eigenvalue weighted by molar-refractivity contribution is -0.145. The summed E-state index contributed by atoms with van der Waals surface area (Å²) in [5.74, 6) is -2.18. The fourth-order valence-electron chi connectivity index (χ4n) is 4.81. The molecule has 2 fully saturated rings. The highest BCUT2D eigenvalue weighted by molar-refractivity contribution is 7.93. The van der Waals surface area contributed by atoms with E-state index in [-0.39, 0.29) is 23.0 Å². The van der Waals surface area contributed by atoms with Crippen molar-refractivity contribution >= 4 is 21.6 Å². The van der Waals surface area contributed by atoms with Crippen molar-refractivity contribution in [1.29, 1.82) is 0 Å². The number of allylic oxidation sites excluding steroid dienone is 1. The van der Waals surface area contributed by atoms with Crippen molar-refractivity contribution in [2.45, 2.75) is 42.2 Å². The molecule has 1 aromatic carbocycles. The van der Waals surface area contributed by atoms with Crippen molar-refractivity contribution in [3.8, 4) is 0 Å². The average Bonchev–Trinajstić information content (AvgIpc) is 2.87. The molecule has 0 unspecified atom stereocenters. The van der Waals surface area contributed by atoms with Gasteiger partial charge in [-0.1, -0.05) is 37.3 Å². The SMILES string of the molecule is C=C1C[C@@](C(=O)OC)(S(=O)(=O)c2ccccc2)[C@H]2[C@H]1C(=O)CCC[C@@H]2C. The van der Waals surface area contributed by atoms with Crippen LogP contribution in [0.25, 0.3) is 0 Å². The second kappa shape index (κ2) is 6.65. The molecule has 0 spiro atoms. The van der Waals surface area contributed by atoms with Crippen LogP contribution in [0.5, 0.6) is 0 Å². The number of Topliss-reactive ketones (excluding diaryl/α,β-unsaturated/α-hetero) is 1. The summed E-state index contributed by atoms with van der Waals surface area (Å²) < 4.78 is 30.5. The number of sulfone groups is 1. The molecule has 0 radical (unpaired) electrons. The molecule has 4 atom stereocenters. The van der Waals surface area contributed by atoms with Crippen LogP contribution in [-0.2, 0) is 24.2 Å². The Labute approximate surface area is 154 Å². The molecule has 0 aliphatic heterocycles. The van der Waals surface area contributed by atoms with E-state index in [4.69, 9.17) is 4.74 Å². The second-order valence-electron chi connectivity index (χ2n) is 7.37. The van der Waals surface area contributed by atoms with E-state index < -0.39 is 32.4 Å². The average molecular weight is 376 g/mol. The highest BCUT2D eigenvalue weighted by Crippen LogP contribution is 2.56. The van der Waals surface area contributed by atoms with Crippen LogP contribution in [0.4, 0.5) is 0 Å². The molecule has 2 saturated carbocycles. The first-order chi connectivity index (χ1) is 12.3. The summed E-state index contributed by atoms with van der Waals surface area (Å²) in [6, 6.07) is 7.94. The number of methoxy groups -OCH3 is 1. The number of hydrogen-bond donors (Lipinski definition) is 0. The molecular weight excluding hydrogens is 352 g/mol. The predicted molar refractivity (Wildman–Crippen MR) is 97.1 cm³/mol. The third-order valence-electron chi connectivity index (χ3n) is 5.93.